The average molecular weight is 248 g/mol. The predicted octanol–water partition coefficient (Wildman–Crippen LogP) is 2.59. The van der Waals surface area contributed by atoms with Crippen LogP contribution in [0.15, 0.2) is 10.8 Å². The van der Waals surface area contributed by atoms with Crippen molar-refractivity contribution >= 4 is 23.5 Å². The summed E-state index contributed by atoms with van der Waals surface area (Å²) in [5, 5.41) is 11.8. The van der Waals surface area contributed by atoms with Gasteiger partial charge >= 0.3 is 0 Å². The van der Waals surface area contributed by atoms with Crippen LogP contribution in [0.1, 0.15) is 13.8 Å². The minimum atomic E-state index is 0.759. The highest BCUT2D eigenvalue weighted by Crippen LogP contribution is 2.22. The van der Waals surface area contributed by atoms with E-state index in [2.05, 4.69) is 35.3 Å². The molecule has 15 heavy (non-hydrogen) atoms. The number of hydrogen-bond donors (Lipinski definition) is 2. The normalized spacial score (nSPS) is 14.5. The van der Waals surface area contributed by atoms with Crippen LogP contribution >= 0.6 is 23.5 Å². The Morgan fingerprint density at radius 1 is 1.07 bits per heavy atom. The first-order chi connectivity index (χ1) is 7.22. The lowest BCUT2D eigenvalue weighted by Gasteiger charge is -2.19. The van der Waals surface area contributed by atoms with E-state index in [0.717, 1.165) is 24.9 Å². The van der Waals surface area contributed by atoms with Crippen molar-refractivity contribution in [1.29, 1.82) is 0 Å². The summed E-state index contributed by atoms with van der Waals surface area (Å²) in [6.07, 6.45) is 0. The van der Waals surface area contributed by atoms with Crippen LogP contribution in [0.4, 0.5) is 0 Å². The lowest BCUT2D eigenvalue weighted by atomic mass is 9.96. The average Bonchev–Trinajstić information content (AvgIpc) is 2.75. The molecule has 2 N–H and O–H groups in total. The summed E-state index contributed by atoms with van der Waals surface area (Å²) in [5.74, 6) is 1.52. The van der Waals surface area contributed by atoms with E-state index in [0.29, 0.717) is 0 Å². The summed E-state index contributed by atoms with van der Waals surface area (Å²) in [5.41, 5.74) is 0. The van der Waals surface area contributed by atoms with Gasteiger partial charge in [0.05, 0.1) is 0 Å². The highest BCUT2D eigenvalue weighted by Gasteiger charge is 2.09. The third kappa shape index (κ3) is 9.30. The molecule has 4 heteroatoms. The Hall–Kier alpha value is 0.360. The third-order valence-corrected chi connectivity index (χ3v) is 4.18. The Balaban J connectivity index is 0.000000322. The maximum absolute atomic E-state index is 3.19. The summed E-state index contributed by atoms with van der Waals surface area (Å²) >= 11 is 3.71. The van der Waals surface area contributed by atoms with E-state index < -0.39 is 0 Å². The second-order valence-corrected chi connectivity index (χ2v) is 6.00. The SMILES string of the molecule is C1=CSCS1.CNCC(CNC)C(C)C. The molecule has 0 radical (unpaired) electrons. The molecular weight excluding hydrogens is 224 g/mol. The number of nitrogens with one attached hydrogen (secondary N) is 2. The van der Waals surface area contributed by atoms with Crippen LogP contribution in [-0.4, -0.2) is 32.3 Å². The smallest absolute Gasteiger partial charge is 0.0475 e. The van der Waals surface area contributed by atoms with Gasteiger partial charge in [-0.15, -0.1) is 23.5 Å². The van der Waals surface area contributed by atoms with E-state index >= 15 is 0 Å². The van der Waals surface area contributed by atoms with E-state index in [4.69, 9.17) is 0 Å². The fraction of sp³-hybridized carbons (Fsp3) is 0.818. The molecular formula is C11H24N2S2. The topological polar surface area (TPSA) is 24.1 Å². The molecule has 0 saturated carbocycles. The largest absolute Gasteiger partial charge is 0.319 e. The molecule has 90 valence electrons. The highest BCUT2D eigenvalue weighted by atomic mass is 32.2. The second-order valence-electron chi connectivity index (χ2n) is 3.84. The highest BCUT2D eigenvalue weighted by molar-refractivity contribution is 8.21. The molecule has 2 nitrogen and oxygen atoms in total. The van der Waals surface area contributed by atoms with Gasteiger partial charge in [-0.05, 0) is 49.8 Å². The molecule has 0 amide bonds. The summed E-state index contributed by atoms with van der Waals surface area (Å²) in [6, 6.07) is 0. The van der Waals surface area contributed by atoms with Crippen molar-refractivity contribution in [3.05, 3.63) is 10.8 Å². The molecule has 1 aliphatic rings. The monoisotopic (exact) mass is 248 g/mol. The Labute approximate surface area is 103 Å². The summed E-state index contributed by atoms with van der Waals surface area (Å²) in [6.45, 7) is 6.75. The fourth-order valence-electron chi connectivity index (χ4n) is 1.26. The zero-order valence-corrected chi connectivity index (χ0v) is 11.9. The summed E-state index contributed by atoms with van der Waals surface area (Å²) in [4.78, 5) is 0. The summed E-state index contributed by atoms with van der Waals surface area (Å²) < 4.78 is 0. The van der Waals surface area contributed by atoms with Crippen molar-refractivity contribution in [2.24, 2.45) is 11.8 Å². The molecule has 1 rings (SSSR count). The quantitative estimate of drug-likeness (QED) is 0.781. The van der Waals surface area contributed by atoms with Gasteiger partial charge in [-0.3, -0.25) is 0 Å². The molecule has 0 unspecified atom stereocenters. The molecule has 0 aromatic rings. The van der Waals surface area contributed by atoms with Gasteiger partial charge in [0, 0.05) is 5.08 Å². The molecule has 0 aliphatic carbocycles. The molecule has 0 aromatic carbocycles. The van der Waals surface area contributed by atoms with Gasteiger partial charge in [0.25, 0.3) is 0 Å². The molecule has 0 fully saturated rings. The van der Waals surface area contributed by atoms with Crippen LogP contribution < -0.4 is 10.6 Å². The minimum Gasteiger partial charge on any atom is -0.319 e. The van der Waals surface area contributed by atoms with Gasteiger partial charge in [-0.2, -0.15) is 0 Å². The summed E-state index contributed by atoms with van der Waals surface area (Å²) in [7, 11) is 4.01. The maximum Gasteiger partial charge on any atom is 0.0475 e. The first-order valence-electron chi connectivity index (χ1n) is 5.39. The zero-order chi connectivity index (χ0) is 11.5. The van der Waals surface area contributed by atoms with Crippen molar-refractivity contribution in [3.8, 4) is 0 Å². The zero-order valence-electron chi connectivity index (χ0n) is 10.2. The standard InChI is InChI=1S/C8H20N2.C3H4S2/c1-7(2)8(5-9-3)6-10-4;1-2-5-3-4-1/h7-10H,5-6H2,1-4H3;1-2H,3H2. The van der Waals surface area contributed by atoms with E-state index in [1.807, 2.05) is 37.6 Å². The van der Waals surface area contributed by atoms with Gasteiger partial charge in [0.2, 0.25) is 0 Å². The maximum atomic E-state index is 3.19. The van der Waals surface area contributed by atoms with E-state index in [-0.39, 0.29) is 0 Å². The van der Waals surface area contributed by atoms with Gasteiger partial charge in [0.1, 0.15) is 0 Å². The molecule has 1 aliphatic heterocycles. The minimum absolute atomic E-state index is 0.759. The lowest BCUT2D eigenvalue weighted by Crippen LogP contribution is -2.31. The molecule has 0 aromatic heterocycles. The van der Waals surface area contributed by atoms with Crippen LogP contribution in [0, 0.1) is 11.8 Å². The van der Waals surface area contributed by atoms with Gasteiger partial charge in [0.15, 0.2) is 0 Å². The van der Waals surface area contributed by atoms with Crippen molar-refractivity contribution in [1.82, 2.24) is 10.6 Å². The molecule has 0 spiro atoms. The van der Waals surface area contributed by atoms with Gasteiger partial charge < -0.3 is 10.6 Å². The van der Waals surface area contributed by atoms with Crippen LogP contribution in [0.5, 0.6) is 0 Å². The molecule has 0 saturated heterocycles. The van der Waals surface area contributed by atoms with Gasteiger partial charge in [-0.25, -0.2) is 0 Å². The fourth-order valence-corrected chi connectivity index (χ4v) is 2.84. The van der Waals surface area contributed by atoms with Crippen LogP contribution in [0.3, 0.4) is 0 Å². The molecule has 1 heterocycles. The van der Waals surface area contributed by atoms with Crippen LogP contribution in [0.2, 0.25) is 0 Å². The van der Waals surface area contributed by atoms with Crippen molar-refractivity contribution < 1.29 is 0 Å². The Bertz CT molecular complexity index is 149. The molecule has 0 atom stereocenters. The van der Waals surface area contributed by atoms with Crippen LogP contribution in [0.25, 0.3) is 0 Å². The first-order valence-corrected chi connectivity index (χ1v) is 7.49. The van der Waals surface area contributed by atoms with E-state index in [9.17, 15) is 0 Å². The van der Waals surface area contributed by atoms with Crippen molar-refractivity contribution in [2.75, 3.05) is 32.3 Å². The number of thioether (sulfide) groups is 2. The van der Waals surface area contributed by atoms with Gasteiger partial charge in [-0.1, -0.05) is 13.8 Å². The Morgan fingerprint density at radius 2 is 1.53 bits per heavy atom. The predicted molar refractivity (Wildman–Crippen MR) is 75.4 cm³/mol. The number of rotatable bonds is 5. The first kappa shape index (κ1) is 15.4. The van der Waals surface area contributed by atoms with Crippen LogP contribution in [-0.2, 0) is 0 Å². The molecule has 0 bridgehead atoms. The third-order valence-electron chi connectivity index (χ3n) is 2.26. The lowest BCUT2D eigenvalue weighted by molar-refractivity contribution is 0.362. The van der Waals surface area contributed by atoms with E-state index in [1.54, 1.807) is 0 Å². The second kappa shape index (κ2) is 10.9. The Morgan fingerprint density at radius 3 is 1.73 bits per heavy atom. The van der Waals surface area contributed by atoms with E-state index in [1.165, 1.54) is 5.08 Å². The van der Waals surface area contributed by atoms with Crippen molar-refractivity contribution in [3.63, 3.8) is 0 Å². The van der Waals surface area contributed by atoms with Crippen molar-refractivity contribution in [2.45, 2.75) is 13.8 Å². The number of hydrogen-bond acceptors (Lipinski definition) is 4. The Kier molecular flexibility index (Phi) is 11.1.